The lowest BCUT2D eigenvalue weighted by atomic mass is 9.82. The highest BCUT2D eigenvalue weighted by atomic mass is 19.3. The zero-order valence-corrected chi connectivity index (χ0v) is 13.3. The van der Waals surface area contributed by atoms with Gasteiger partial charge in [0.05, 0.1) is 0 Å². The second-order valence-electron chi connectivity index (χ2n) is 6.26. The first-order chi connectivity index (χ1) is 11.8. The van der Waals surface area contributed by atoms with Gasteiger partial charge >= 0.3 is 0 Å². The van der Waals surface area contributed by atoms with Gasteiger partial charge in [0.2, 0.25) is 5.92 Å². The topological polar surface area (TPSA) is 0 Å². The van der Waals surface area contributed by atoms with Crippen LogP contribution in [-0.2, 0) is 0 Å². The molecular weight excluding hydrogens is 335 g/mol. The van der Waals surface area contributed by atoms with Crippen molar-refractivity contribution in [2.75, 3.05) is 0 Å². The fraction of sp³-hybridized carbons (Fsp3) is 0.300. The zero-order valence-electron chi connectivity index (χ0n) is 13.3. The van der Waals surface area contributed by atoms with Crippen LogP contribution < -0.4 is 0 Å². The molecule has 0 unspecified atom stereocenters. The maximum absolute atomic E-state index is 13.2. The predicted octanol–water partition coefficient (Wildman–Crippen LogP) is 5.80. The summed E-state index contributed by atoms with van der Waals surface area (Å²) in [7, 11) is 0. The molecule has 0 spiro atoms. The molecule has 25 heavy (non-hydrogen) atoms. The van der Waals surface area contributed by atoms with Gasteiger partial charge in [-0.1, -0.05) is 24.0 Å². The summed E-state index contributed by atoms with van der Waals surface area (Å²) in [6, 6.07) is 8.83. The van der Waals surface area contributed by atoms with Gasteiger partial charge in [-0.15, -0.1) is 0 Å². The van der Waals surface area contributed by atoms with Crippen LogP contribution in [0.5, 0.6) is 0 Å². The van der Waals surface area contributed by atoms with Gasteiger partial charge in [-0.25, -0.2) is 22.0 Å². The molecule has 3 rings (SSSR count). The lowest BCUT2D eigenvalue weighted by Gasteiger charge is -2.28. The van der Waals surface area contributed by atoms with Crippen molar-refractivity contribution in [2.45, 2.75) is 37.5 Å². The maximum Gasteiger partial charge on any atom is 0.248 e. The minimum atomic E-state index is -2.55. The summed E-state index contributed by atoms with van der Waals surface area (Å²) in [5.41, 5.74) is 1.64. The van der Waals surface area contributed by atoms with E-state index < -0.39 is 23.4 Å². The third-order valence-electron chi connectivity index (χ3n) is 4.43. The molecule has 0 bridgehead atoms. The van der Waals surface area contributed by atoms with Gasteiger partial charge in [0.25, 0.3) is 0 Å². The molecule has 0 aromatic heterocycles. The van der Waals surface area contributed by atoms with Crippen molar-refractivity contribution in [2.24, 2.45) is 0 Å². The average Bonchev–Trinajstić information content (AvgIpc) is 2.58. The summed E-state index contributed by atoms with van der Waals surface area (Å²) < 4.78 is 65.6. The fourth-order valence-corrected chi connectivity index (χ4v) is 2.98. The van der Waals surface area contributed by atoms with E-state index in [1.807, 2.05) is 12.1 Å². The van der Waals surface area contributed by atoms with Gasteiger partial charge in [0, 0.05) is 24.0 Å². The van der Waals surface area contributed by atoms with Crippen LogP contribution in [-0.4, -0.2) is 5.92 Å². The van der Waals surface area contributed by atoms with E-state index in [2.05, 4.69) is 11.8 Å². The Labute approximate surface area is 142 Å². The van der Waals surface area contributed by atoms with Crippen LogP contribution in [0, 0.1) is 29.3 Å². The van der Waals surface area contributed by atoms with E-state index in [9.17, 15) is 22.0 Å². The number of rotatable bonds is 1. The van der Waals surface area contributed by atoms with E-state index in [-0.39, 0.29) is 24.3 Å². The van der Waals surface area contributed by atoms with Crippen LogP contribution in [0.3, 0.4) is 0 Å². The molecule has 0 nitrogen and oxygen atoms in total. The van der Waals surface area contributed by atoms with Crippen molar-refractivity contribution in [1.82, 2.24) is 0 Å². The zero-order chi connectivity index (χ0) is 18.0. The summed E-state index contributed by atoms with van der Waals surface area (Å²) in [6.45, 7) is 0. The Morgan fingerprint density at radius 1 is 0.800 bits per heavy atom. The van der Waals surface area contributed by atoms with Crippen molar-refractivity contribution < 1.29 is 22.0 Å². The molecule has 0 heterocycles. The molecule has 0 N–H and O–H groups in total. The van der Waals surface area contributed by atoms with Crippen LogP contribution in [0.4, 0.5) is 22.0 Å². The SMILES string of the molecule is Fc1cc(C#Cc2ccc(C3CCC(F)(F)CC3)cc2)cc(F)c1F. The fourth-order valence-electron chi connectivity index (χ4n) is 2.98. The number of halogens is 5. The molecule has 0 radical (unpaired) electrons. The molecule has 1 fully saturated rings. The number of benzene rings is 2. The first kappa shape index (κ1) is 17.5. The molecule has 1 aliphatic rings. The van der Waals surface area contributed by atoms with E-state index in [1.54, 1.807) is 12.1 Å². The van der Waals surface area contributed by atoms with Crippen molar-refractivity contribution in [3.8, 4) is 11.8 Å². The quantitative estimate of drug-likeness (QED) is 0.347. The molecule has 2 aromatic rings. The minimum absolute atomic E-state index is 0.0370. The predicted molar refractivity (Wildman–Crippen MR) is 84.9 cm³/mol. The van der Waals surface area contributed by atoms with Crippen LogP contribution in [0.25, 0.3) is 0 Å². The van der Waals surface area contributed by atoms with Crippen LogP contribution in [0.2, 0.25) is 0 Å². The molecule has 0 aliphatic heterocycles. The van der Waals surface area contributed by atoms with Crippen LogP contribution >= 0.6 is 0 Å². The lowest BCUT2D eigenvalue weighted by molar-refractivity contribution is -0.0382. The van der Waals surface area contributed by atoms with E-state index >= 15 is 0 Å². The van der Waals surface area contributed by atoms with E-state index in [1.165, 1.54) is 0 Å². The van der Waals surface area contributed by atoms with Crippen LogP contribution in [0.1, 0.15) is 48.3 Å². The molecular formula is C20H15F5. The van der Waals surface area contributed by atoms with Gasteiger partial charge in [0.15, 0.2) is 17.5 Å². The Kier molecular flexibility index (Phi) is 4.80. The summed E-state index contributed by atoms with van der Waals surface area (Å²) in [5, 5.41) is 0. The first-order valence-corrected chi connectivity index (χ1v) is 7.98. The molecule has 1 aliphatic carbocycles. The van der Waals surface area contributed by atoms with Crippen molar-refractivity contribution in [3.63, 3.8) is 0 Å². The Morgan fingerprint density at radius 3 is 1.88 bits per heavy atom. The second kappa shape index (κ2) is 6.87. The molecule has 0 saturated heterocycles. The maximum atomic E-state index is 13.2. The van der Waals surface area contributed by atoms with Gasteiger partial charge in [-0.05, 0) is 48.6 Å². The molecule has 5 heteroatoms. The minimum Gasteiger partial charge on any atom is -0.207 e. The number of hydrogen-bond acceptors (Lipinski definition) is 0. The highest BCUT2D eigenvalue weighted by molar-refractivity contribution is 5.44. The third-order valence-corrected chi connectivity index (χ3v) is 4.43. The van der Waals surface area contributed by atoms with Crippen molar-refractivity contribution in [3.05, 3.63) is 70.5 Å². The standard InChI is InChI=1S/C20H15F5/c21-17-11-14(12-18(22)19(17)23)2-1-13-3-5-15(6-4-13)16-7-9-20(24,25)10-8-16/h3-6,11-12,16H,7-10H2. The normalized spacial score (nSPS) is 17.0. The second-order valence-corrected chi connectivity index (χ2v) is 6.26. The number of alkyl halides is 2. The Hall–Kier alpha value is -2.35. The average molecular weight is 350 g/mol. The molecule has 130 valence electrons. The smallest absolute Gasteiger partial charge is 0.207 e. The van der Waals surface area contributed by atoms with Crippen molar-refractivity contribution in [1.29, 1.82) is 0 Å². The molecule has 0 amide bonds. The molecule has 2 aromatic carbocycles. The Bertz CT molecular complexity index is 794. The van der Waals surface area contributed by atoms with Gasteiger partial charge in [-0.2, -0.15) is 0 Å². The van der Waals surface area contributed by atoms with E-state index in [0.29, 0.717) is 18.4 Å². The summed E-state index contributed by atoms with van der Waals surface area (Å²) >= 11 is 0. The summed E-state index contributed by atoms with van der Waals surface area (Å²) in [6.07, 6.45) is 0.708. The molecule has 1 saturated carbocycles. The number of hydrogen-bond donors (Lipinski definition) is 0. The monoisotopic (exact) mass is 350 g/mol. The summed E-state index contributed by atoms with van der Waals surface area (Å²) in [4.78, 5) is 0. The highest BCUT2D eigenvalue weighted by Crippen LogP contribution is 2.40. The van der Waals surface area contributed by atoms with E-state index in [4.69, 9.17) is 0 Å². The summed E-state index contributed by atoms with van der Waals surface area (Å²) in [5.74, 6) is -1.19. The molecule has 0 atom stereocenters. The Balaban J connectivity index is 1.72. The first-order valence-electron chi connectivity index (χ1n) is 7.98. The highest BCUT2D eigenvalue weighted by Gasteiger charge is 2.35. The van der Waals surface area contributed by atoms with Gasteiger partial charge in [0.1, 0.15) is 0 Å². The van der Waals surface area contributed by atoms with E-state index in [0.717, 1.165) is 17.7 Å². The lowest BCUT2D eigenvalue weighted by Crippen LogP contribution is -2.23. The Morgan fingerprint density at radius 2 is 1.32 bits per heavy atom. The van der Waals surface area contributed by atoms with Crippen LogP contribution in [0.15, 0.2) is 36.4 Å². The largest absolute Gasteiger partial charge is 0.248 e. The van der Waals surface area contributed by atoms with Gasteiger partial charge in [-0.3, -0.25) is 0 Å². The third kappa shape index (κ3) is 4.19. The van der Waals surface area contributed by atoms with Gasteiger partial charge < -0.3 is 0 Å². The van der Waals surface area contributed by atoms with Crippen molar-refractivity contribution >= 4 is 0 Å².